The Morgan fingerprint density at radius 1 is 1.47 bits per heavy atom. The van der Waals surface area contributed by atoms with Crippen LogP contribution in [0.25, 0.3) is 0 Å². The standard InChI is InChI=1S/C14H23N3O2/c1-14(2,3)19-13(18)17-10-6-7-11(15)12-8-4-5-9-16-12/h4-5,8-9,11H,6-7,10,15H2,1-3H3,(H,17,18)/t11-/m0/s1. The fourth-order valence-electron chi connectivity index (χ4n) is 1.57. The second-order valence-electron chi connectivity index (χ2n) is 5.43. The second-order valence-corrected chi connectivity index (χ2v) is 5.43. The lowest BCUT2D eigenvalue weighted by Crippen LogP contribution is -2.33. The van der Waals surface area contributed by atoms with E-state index in [0.29, 0.717) is 6.54 Å². The molecule has 5 nitrogen and oxygen atoms in total. The largest absolute Gasteiger partial charge is 0.444 e. The van der Waals surface area contributed by atoms with Gasteiger partial charge < -0.3 is 15.8 Å². The van der Waals surface area contributed by atoms with E-state index in [2.05, 4.69) is 10.3 Å². The number of rotatable bonds is 5. The molecule has 0 aromatic carbocycles. The van der Waals surface area contributed by atoms with E-state index in [4.69, 9.17) is 10.5 Å². The van der Waals surface area contributed by atoms with Crippen LogP contribution in [0.1, 0.15) is 45.3 Å². The number of hydrogen-bond acceptors (Lipinski definition) is 4. The van der Waals surface area contributed by atoms with Gasteiger partial charge in [0.15, 0.2) is 0 Å². The summed E-state index contributed by atoms with van der Waals surface area (Å²) >= 11 is 0. The van der Waals surface area contributed by atoms with Crippen LogP contribution in [0.15, 0.2) is 24.4 Å². The van der Waals surface area contributed by atoms with Crippen molar-refractivity contribution in [3.63, 3.8) is 0 Å². The summed E-state index contributed by atoms with van der Waals surface area (Å²) in [5.74, 6) is 0. The lowest BCUT2D eigenvalue weighted by atomic mass is 10.1. The van der Waals surface area contributed by atoms with E-state index < -0.39 is 5.60 Å². The summed E-state index contributed by atoms with van der Waals surface area (Å²) in [5.41, 5.74) is 6.42. The van der Waals surface area contributed by atoms with E-state index >= 15 is 0 Å². The van der Waals surface area contributed by atoms with Crippen LogP contribution in [0.5, 0.6) is 0 Å². The molecule has 0 bridgehead atoms. The maximum Gasteiger partial charge on any atom is 0.407 e. The van der Waals surface area contributed by atoms with Gasteiger partial charge in [-0.25, -0.2) is 4.79 Å². The molecule has 0 aliphatic rings. The maximum atomic E-state index is 11.4. The van der Waals surface area contributed by atoms with Crippen molar-refractivity contribution in [1.29, 1.82) is 0 Å². The molecule has 0 fully saturated rings. The summed E-state index contributed by atoms with van der Waals surface area (Å²) in [5, 5.41) is 2.71. The summed E-state index contributed by atoms with van der Waals surface area (Å²) < 4.78 is 5.14. The molecular formula is C14H23N3O2. The topological polar surface area (TPSA) is 77.2 Å². The molecular weight excluding hydrogens is 242 g/mol. The number of nitrogens with one attached hydrogen (secondary N) is 1. The van der Waals surface area contributed by atoms with Gasteiger partial charge in [0.1, 0.15) is 5.60 Å². The van der Waals surface area contributed by atoms with Crippen LogP contribution in [0, 0.1) is 0 Å². The Balaban J connectivity index is 2.19. The number of hydrogen-bond donors (Lipinski definition) is 2. The molecule has 0 saturated heterocycles. The minimum atomic E-state index is -0.464. The minimum Gasteiger partial charge on any atom is -0.444 e. The number of alkyl carbamates (subject to hydrolysis) is 1. The molecule has 1 aromatic rings. The number of ether oxygens (including phenoxy) is 1. The maximum absolute atomic E-state index is 11.4. The Kier molecular flexibility index (Phi) is 5.76. The van der Waals surface area contributed by atoms with E-state index in [1.807, 2.05) is 39.0 Å². The Morgan fingerprint density at radius 3 is 2.79 bits per heavy atom. The van der Waals surface area contributed by atoms with Crippen LogP contribution in [-0.2, 0) is 4.74 Å². The zero-order valence-corrected chi connectivity index (χ0v) is 11.8. The van der Waals surface area contributed by atoms with Crippen LogP contribution in [0.2, 0.25) is 0 Å². The van der Waals surface area contributed by atoms with Gasteiger partial charge in [0.25, 0.3) is 0 Å². The van der Waals surface area contributed by atoms with Gasteiger partial charge in [-0.3, -0.25) is 4.98 Å². The highest BCUT2D eigenvalue weighted by atomic mass is 16.6. The third kappa shape index (κ3) is 6.76. The quantitative estimate of drug-likeness (QED) is 0.801. The zero-order chi connectivity index (χ0) is 14.3. The van der Waals surface area contributed by atoms with Gasteiger partial charge in [0, 0.05) is 18.8 Å². The van der Waals surface area contributed by atoms with Gasteiger partial charge in [-0.05, 0) is 45.7 Å². The minimum absolute atomic E-state index is 0.0957. The normalized spacial score (nSPS) is 12.8. The predicted octanol–water partition coefficient (Wildman–Crippen LogP) is 2.39. The number of amides is 1. The molecule has 106 valence electrons. The van der Waals surface area contributed by atoms with Gasteiger partial charge in [-0.15, -0.1) is 0 Å². The van der Waals surface area contributed by atoms with Crippen LogP contribution < -0.4 is 11.1 Å². The van der Waals surface area contributed by atoms with Gasteiger partial charge in [0.2, 0.25) is 0 Å². The van der Waals surface area contributed by atoms with Crippen molar-refractivity contribution in [1.82, 2.24) is 10.3 Å². The highest BCUT2D eigenvalue weighted by molar-refractivity contribution is 5.67. The summed E-state index contributed by atoms with van der Waals surface area (Å²) in [6, 6.07) is 5.59. The van der Waals surface area contributed by atoms with Crippen molar-refractivity contribution in [3.8, 4) is 0 Å². The smallest absolute Gasteiger partial charge is 0.407 e. The van der Waals surface area contributed by atoms with Crippen LogP contribution in [0.3, 0.4) is 0 Å². The first-order valence-corrected chi connectivity index (χ1v) is 6.52. The molecule has 19 heavy (non-hydrogen) atoms. The van der Waals surface area contributed by atoms with Crippen molar-refractivity contribution in [3.05, 3.63) is 30.1 Å². The van der Waals surface area contributed by atoms with Crippen molar-refractivity contribution in [2.24, 2.45) is 5.73 Å². The molecule has 1 rings (SSSR count). The summed E-state index contributed by atoms with van der Waals surface area (Å²) in [4.78, 5) is 15.6. The van der Waals surface area contributed by atoms with Gasteiger partial charge in [-0.2, -0.15) is 0 Å². The molecule has 3 N–H and O–H groups in total. The van der Waals surface area contributed by atoms with Crippen molar-refractivity contribution < 1.29 is 9.53 Å². The van der Waals surface area contributed by atoms with E-state index in [9.17, 15) is 4.79 Å². The van der Waals surface area contributed by atoms with E-state index in [1.54, 1.807) is 6.20 Å². The molecule has 1 atom stereocenters. The van der Waals surface area contributed by atoms with Crippen molar-refractivity contribution in [2.45, 2.75) is 45.3 Å². The molecule has 0 aliphatic carbocycles. The van der Waals surface area contributed by atoms with Crippen molar-refractivity contribution in [2.75, 3.05) is 6.54 Å². The molecule has 1 heterocycles. The third-order valence-corrected chi connectivity index (χ3v) is 2.43. The van der Waals surface area contributed by atoms with Gasteiger partial charge >= 0.3 is 6.09 Å². The fraction of sp³-hybridized carbons (Fsp3) is 0.571. The highest BCUT2D eigenvalue weighted by Crippen LogP contribution is 2.12. The average molecular weight is 265 g/mol. The van der Waals surface area contributed by atoms with E-state index in [-0.39, 0.29) is 12.1 Å². The first-order chi connectivity index (χ1) is 8.88. The summed E-state index contributed by atoms with van der Waals surface area (Å²) in [6.45, 7) is 6.06. The van der Waals surface area contributed by atoms with Crippen molar-refractivity contribution >= 4 is 6.09 Å². The number of pyridine rings is 1. The Bertz CT molecular complexity index is 387. The lowest BCUT2D eigenvalue weighted by Gasteiger charge is -2.19. The Labute approximate surface area is 114 Å². The second kappa shape index (κ2) is 7.09. The molecule has 1 amide bonds. The lowest BCUT2D eigenvalue weighted by molar-refractivity contribution is 0.0526. The number of nitrogens with two attached hydrogens (primary N) is 1. The molecule has 0 aliphatic heterocycles. The van der Waals surface area contributed by atoms with E-state index in [0.717, 1.165) is 18.5 Å². The Morgan fingerprint density at radius 2 is 2.21 bits per heavy atom. The number of carbonyl (C=O) groups excluding carboxylic acids is 1. The summed E-state index contributed by atoms with van der Waals surface area (Å²) in [7, 11) is 0. The average Bonchev–Trinajstić information content (AvgIpc) is 2.33. The predicted molar refractivity (Wildman–Crippen MR) is 74.6 cm³/mol. The fourth-order valence-corrected chi connectivity index (χ4v) is 1.57. The summed E-state index contributed by atoms with van der Waals surface area (Å²) in [6.07, 6.45) is 2.90. The van der Waals surface area contributed by atoms with Crippen LogP contribution in [-0.4, -0.2) is 23.2 Å². The molecule has 5 heteroatoms. The molecule has 0 unspecified atom stereocenters. The third-order valence-electron chi connectivity index (χ3n) is 2.43. The first kappa shape index (κ1) is 15.4. The first-order valence-electron chi connectivity index (χ1n) is 6.52. The van der Waals surface area contributed by atoms with E-state index in [1.165, 1.54) is 0 Å². The number of aromatic nitrogens is 1. The Hall–Kier alpha value is -1.62. The molecule has 1 aromatic heterocycles. The molecule has 0 radical (unpaired) electrons. The number of nitrogens with zero attached hydrogens (tertiary/aromatic N) is 1. The van der Waals surface area contributed by atoms with Gasteiger partial charge in [0.05, 0.1) is 5.69 Å². The SMILES string of the molecule is CC(C)(C)OC(=O)NCCC[C@H](N)c1ccccn1. The zero-order valence-electron chi connectivity index (χ0n) is 11.8. The van der Waals surface area contributed by atoms with Gasteiger partial charge in [-0.1, -0.05) is 6.07 Å². The van der Waals surface area contributed by atoms with Crippen LogP contribution in [0.4, 0.5) is 4.79 Å². The molecule has 0 spiro atoms. The van der Waals surface area contributed by atoms with Crippen LogP contribution >= 0.6 is 0 Å². The highest BCUT2D eigenvalue weighted by Gasteiger charge is 2.15. The monoisotopic (exact) mass is 265 g/mol. The molecule has 0 saturated carbocycles. The number of carbonyl (C=O) groups is 1.